The highest BCUT2D eigenvalue weighted by atomic mass is 16.1. The number of nitrogens with one attached hydrogen (secondary N) is 3. The summed E-state index contributed by atoms with van der Waals surface area (Å²) in [4.78, 5) is 25.9. The standard InChI is InChI=1S/C12H23N7O/c1-5-13-9(20)7-8-15-11-16-10(14-6-2)17-12(18-11)19(3)4/h5-8H2,1-4H3,(H,13,20)(H2,14,15,16,17,18). The first kappa shape index (κ1) is 15.9. The van der Waals surface area contributed by atoms with Crippen molar-refractivity contribution in [2.75, 3.05) is 49.3 Å². The minimum atomic E-state index is 0.00814. The Balaban J connectivity index is 2.66. The zero-order valence-electron chi connectivity index (χ0n) is 12.5. The molecular formula is C12H23N7O. The van der Waals surface area contributed by atoms with E-state index in [9.17, 15) is 4.79 Å². The maximum atomic E-state index is 11.4. The molecule has 0 aliphatic carbocycles. The third-order valence-electron chi connectivity index (χ3n) is 2.37. The molecule has 0 aliphatic heterocycles. The Morgan fingerprint density at radius 1 is 1.05 bits per heavy atom. The van der Waals surface area contributed by atoms with E-state index in [-0.39, 0.29) is 5.91 Å². The Morgan fingerprint density at radius 3 is 2.25 bits per heavy atom. The summed E-state index contributed by atoms with van der Waals surface area (Å²) in [6, 6.07) is 0. The van der Waals surface area contributed by atoms with Crippen molar-refractivity contribution in [2.24, 2.45) is 0 Å². The first-order valence-electron chi connectivity index (χ1n) is 6.74. The number of aromatic nitrogens is 3. The summed E-state index contributed by atoms with van der Waals surface area (Å²) in [5, 5.41) is 8.83. The van der Waals surface area contributed by atoms with Gasteiger partial charge in [0.1, 0.15) is 0 Å². The van der Waals surface area contributed by atoms with Gasteiger partial charge in [0.25, 0.3) is 0 Å². The van der Waals surface area contributed by atoms with Crippen molar-refractivity contribution in [1.82, 2.24) is 20.3 Å². The van der Waals surface area contributed by atoms with Gasteiger partial charge < -0.3 is 20.9 Å². The molecule has 0 unspecified atom stereocenters. The maximum absolute atomic E-state index is 11.4. The van der Waals surface area contributed by atoms with Crippen LogP contribution in [0.15, 0.2) is 0 Å². The van der Waals surface area contributed by atoms with Gasteiger partial charge in [0.15, 0.2) is 0 Å². The van der Waals surface area contributed by atoms with E-state index in [2.05, 4.69) is 30.9 Å². The minimum Gasteiger partial charge on any atom is -0.356 e. The van der Waals surface area contributed by atoms with Crippen LogP contribution in [0.25, 0.3) is 0 Å². The average Bonchev–Trinajstić information content (AvgIpc) is 2.39. The third-order valence-corrected chi connectivity index (χ3v) is 2.37. The van der Waals surface area contributed by atoms with E-state index in [0.29, 0.717) is 37.4 Å². The van der Waals surface area contributed by atoms with Crippen molar-refractivity contribution in [1.29, 1.82) is 0 Å². The summed E-state index contributed by atoms with van der Waals surface area (Å²) in [5.41, 5.74) is 0. The van der Waals surface area contributed by atoms with Crippen molar-refractivity contribution in [2.45, 2.75) is 20.3 Å². The van der Waals surface area contributed by atoms with Gasteiger partial charge in [-0.25, -0.2) is 0 Å². The predicted molar refractivity (Wildman–Crippen MR) is 80.1 cm³/mol. The van der Waals surface area contributed by atoms with Crippen LogP contribution in [-0.4, -0.2) is 54.6 Å². The molecule has 20 heavy (non-hydrogen) atoms. The van der Waals surface area contributed by atoms with E-state index in [0.717, 1.165) is 6.54 Å². The van der Waals surface area contributed by atoms with Gasteiger partial charge in [0.05, 0.1) is 0 Å². The minimum absolute atomic E-state index is 0.00814. The number of carbonyl (C=O) groups is 1. The molecule has 1 rings (SSSR count). The van der Waals surface area contributed by atoms with E-state index in [4.69, 9.17) is 0 Å². The van der Waals surface area contributed by atoms with Gasteiger partial charge in [0.2, 0.25) is 23.8 Å². The molecule has 0 saturated heterocycles. The highest BCUT2D eigenvalue weighted by Gasteiger charge is 2.08. The zero-order valence-corrected chi connectivity index (χ0v) is 12.5. The quantitative estimate of drug-likeness (QED) is 0.631. The number of anilines is 3. The molecule has 1 aromatic rings. The lowest BCUT2D eigenvalue weighted by molar-refractivity contribution is -0.120. The second-order valence-electron chi connectivity index (χ2n) is 4.34. The maximum Gasteiger partial charge on any atom is 0.231 e. The van der Waals surface area contributed by atoms with Crippen LogP contribution in [0.3, 0.4) is 0 Å². The highest BCUT2D eigenvalue weighted by Crippen LogP contribution is 2.11. The van der Waals surface area contributed by atoms with E-state index in [1.807, 2.05) is 27.9 Å². The largest absolute Gasteiger partial charge is 0.356 e. The van der Waals surface area contributed by atoms with Crippen LogP contribution in [-0.2, 0) is 4.79 Å². The molecule has 0 saturated carbocycles. The summed E-state index contributed by atoms with van der Waals surface area (Å²) < 4.78 is 0. The lowest BCUT2D eigenvalue weighted by Gasteiger charge is -2.13. The third kappa shape index (κ3) is 5.25. The first-order chi connectivity index (χ1) is 9.56. The van der Waals surface area contributed by atoms with Crippen molar-refractivity contribution >= 4 is 23.8 Å². The SMILES string of the molecule is CCNC(=O)CCNc1nc(NCC)nc(N(C)C)n1. The van der Waals surface area contributed by atoms with E-state index in [1.54, 1.807) is 4.90 Å². The Morgan fingerprint density at radius 2 is 1.70 bits per heavy atom. The smallest absolute Gasteiger partial charge is 0.231 e. The van der Waals surface area contributed by atoms with Crippen LogP contribution in [0.1, 0.15) is 20.3 Å². The number of carbonyl (C=O) groups excluding carboxylic acids is 1. The van der Waals surface area contributed by atoms with E-state index in [1.165, 1.54) is 0 Å². The highest BCUT2D eigenvalue weighted by molar-refractivity contribution is 5.76. The fourth-order valence-corrected chi connectivity index (χ4v) is 1.45. The van der Waals surface area contributed by atoms with E-state index >= 15 is 0 Å². The van der Waals surface area contributed by atoms with Crippen LogP contribution in [0.4, 0.5) is 17.8 Å². The molecule has 0 spiro atoms. The lowest BCUT2D eigenvalue weighted by atomic mass is 10.4. The molecule has 3 N–H and O–H groups in total. The Labute approximate surface area is 119 Å². The van der Waals surface area contributed by atoms with Crippen molar-refractivity contribution in [3.63, 3.8) is 0 Å². The second kappa shape index (κ2) is 8.13. The summed E-state index contributed by atoms with van der Waals surface area (Å²) >= 11 is 0. The lowest BCUT2D eigenvalue weighted by Crippen LogP contribution is -2.25. The molecule has 112 valence electrons. The topological polar surface area (TPSA) is 95.1 Å². The fourth-order valence-electron chi connectivity index (χ4n) is 1.45. The molecule has 8 heteroatoms. The molecule has 1 heterocycles. The van der Waals surface area contributed by atoms with Gasteiger partial charge in [-0.1, -0.05) is 0 Å². The molecule has 1 amide bonds. The van der Waals surface area contributed by atoms with Crippen molar-refractivity contribution < 1.29 is 4.79 Å². The van der Waals surface area contributed by atoms with Gasteiger partial charge in [-0.3, -0.25) is 4.79 Å². The van der Waals surface area contributed by atoms with Crippen LogP contribution in [0, 0.1) is 0 Å². The number of hydrogen-bond donors (Lipinski definition) is 3. The summed E-state index contributed by atoms with van der Waals surface area (Å²) in [5.74, 6) is 1.56. The van der Waals surface area contributed by atoms with Crippen molar-refractivity contribution in [3.8, 4) is 0 Å². The summed E-state index contributed by atoms with van der Waals surface area (Å²) in [6.07, 6.45) is 0.382. The van der Waals surface area contributed by atoms with Gasteiger partial charge in [-0.15, -0.1) is 0 Å². The molecule has 1 aromatic heterocycles. The molecular weight excluding hydrogens is 258 g/mol. The van der Waals surface area contributed by atoms with Crippen LogP contribution in [0.2, 0.25) is 0 Å². The normalized spacial score (nSPS) is 10.0. The van der Waals surface area contributed by atoms with Gasteiger partial charge in [-0.05, 0) is 13.8 Å². The average molecular weight is 281 g/mol. The number of amides is 1. The summed E-state index contributed by atoms with van der Waals surface area (Å²) in [7, 11) is 3.73. The second-order valence-corrected chi connectivity index (χ2v) is 4.34. The van der Waals surface area contributed by atoms with Gasteiger partial charge in [-0.2, -0.15) is 15.0 Å². The zero-order chi connectivity index (χ0) is 15.0. The predicted octanol–water partition coefficient (Wildman–Crippen LogP) is 0.308. The Bertz CT molecular complexity index is 436. The van der Waals surface area contributed by atoms with E-state index < -0.39 is 0 Å². The van der Waals surface area contributed by atoms with Gasteiger partial charge >= 0.3 is 0 Å². The van der Waals surface area contributed by atoms with Crippen LogP contribution >= 0.6 is 0 Å². The molecule has 0 aromatic carbocycles. The molecule has 0 bridgehead atoms. The molecule has 0 atom stereocenters. The van der Waals surface area contributed by atoms with Crippen LogP contribution in [0.5, 0.6) is 0 Å². The molecule has 0 radical (unpaired) electrons. The Hall–Kier alpha value is -2.12. The molecule has 0 fully saturated rings. The van der Waals surface area contributed by atoms with Gasteiger partial charge in [0, 0.05) is 40.2 Å². The number of hydrogen-bond acceptors (Lipinski definition) is 7. The summed E-state index contributed by atoms with van der Waals surface area (Å²) in [6.45, 7) is 5.72. The molecule has 0 aliphatic rings. The molecule has 8 nitrogen and oxygen atoms in total. The number of nitrogens with zero attached hydrogens (tertiary/aromatic N) is 4. The number of rotatable bonds is 8. The Kier molecular flexibility index (Phi) is 6.48. The van der Waals surface area contributed by atoms with Crippen molar-refractivity contribution in [3.05, 3.63) is 0 Å². The first-order valence-corrected chi connectivity index (χ1v) is 6.74. The fraction of sp³-hybridized carbons (Fsp3) is 0.667. The van der Waals surface area contributed by atoms with Crippen LogP contribution < -0.4 is 20.9 Å². The monoisotopic (exact) mass is 281 g/mol.